The molecular weight excluding hydrogens is 224 g/mol. The second-order valence-electron chi connectivity index (χ2n) is 3.31. The van der Waals surface area contributed by atoms with E-state index in [9.17, 15) is 4.79 Å². The van der Waals surface area contributed by atoms with E-state index in [1.54, 1.807) is 0 Å². The van der Waals surface area contributed by atoms with Crippen LogP contribution in [0.4, 0.5) is 0 Å². The molecule has 2 rings (SSSR count). The van der Waals surface area contributed by atoms with Crippen molar-refractivity contribution in [1.29, 1.82) is 0 Å². The van der Waals surface area contributed by atoms with Crippen molar-refractivity contribution < 1.29 is 4.79 Å². The second kappa shape index (κ2) is 4.36. The molecule has 0 atom stereocenters. The zero-order valence-electron chi connectivity index (χ0n) is 8.34. The van der Waals surface area contributed by atoms with E-state index in [-0.39, 0.29) is 5.82 Å². The number of hydrogen-bond acceptors (Lipinski definition) is 4. The quantitative estimate of drug-likeness (QED) is 0.686. The Bertz CT molecular complexity index is 506. The summed E-state index contributed by atoms with van der Waals surface area (Å²) in [4.78, 5) is 15.6. The van der Waals surface area contributed by atoms with Gasteiger partial charge in [0.15, 0.2) is 0 Å². The van der Waals surface area contributed by atoms with Crippen molar-refractivity contribution in [2.45, 2.75) is 11.3 Å². The number of nitrogens with one attached hydrogen (secondary N) is 1. The average molecular weight is 234 g/mol. The fraction of sp³-hybridized carbons (Fsp3) is 0.100. The number of aromatic amines is 1. The van der Waals surface area contributed by atoms with Crippen molar-refractivity contribution in [1.82, 2.24) is 15.2 Å². The third-order valence-corrected chi connectivity index (χ3v) is 2.36. The van der Waals surface area contributed by atoms with Gasteiger partial charge < -0.3 is 5.73 Å². The first-order valence-corrected chi connectivity index (χ1v) is 5.09. The van der Waals surface area contributed by atoms with Gasteiger partial charge in [-0.15, -0.1) is 17.7 Å². The summed E-state index contributed by atoms with van der Waals surface area (Å²) in [6, 6.07) is 7.66. The zero-order valence-corrected chi connectivity index (χ0v) is 9.24. The highest BCUT2D eigenvalue weighted by atomic mass is 32.1. The maximum atomic E-state index is 10.8. The van der Waals surface area contributed by atoms with E-state index in [0.717, 1.165) is 10.5 Å². The van der Waals surface area contributed by atoms with Gasteiger partial charge in [0, 0.05) is 11.3 Å². The Morgan fingerprint density at radius 2 is 2.06 bits per heavy atom. The maximum Gasteiger partial charge on any atom is 0.288 e. The number of nitrogens with zero attached hydrogens (tertiary/aromatic N) is 2. The summed E-state index contributed by atoms with van der Waals surface area (Å²) < 4.78 is 0. The summed E-state index contributed by atoms with van der Waals surface area (Å²) in [6.45, 7) is 0. The van der Waals surface area contributed by atoms with E-state index >= 15 is 0 Å². The molecule has 1 amide bonds. The van der Waals surface area contributed by atoms with E-state index < -0.39 is 5.91 Å². The molecule has 0 radical (unpaired) electrons. The Kier molecular flexibility index (Phi) is 2.91. The number of carbonyl (C=O) groups is 1. The number of primary amides is 1. The molecule has 1 aromatic heterocycles. The molecule has 1 heterocycles. The van der Waals surface area contributed by atoms with Gasteiger partial charge in [0.2, 0.25) is 5.82 Å². The van der Waals surface area contributed by atoms with E-state index in [1.807, 2.05) is 24.3 Å². The molecule has 2 aromatic rings. The highest BCUT2D eigenvalue weighted by Gasteiger charge is 2.08. The number of thiol groups is 1. The van der Waals surface area contributed by atoms with E-state index in [1.165, 1.54) is 0 Å². The monoisotopic (exact) mass is 234 g/mol. The summed E-state index contributed by atoms with van der Waals surface area (Å²) >= 11 is 4.19. The number of aromatic nitrogens is 3. The molecule has 0 unspecified atom stereocenters. The number of rotatable bonds is 3. The fourth-order valence-corrected chi connectivity index (χ4v) is 1.44. The summed E-state index contributed by atoms with van der Waals surface area (Å²) in [5, 5.41) is 6.37. The standard InChI is InChI=1S/C10H10N4OS/c11-9(15)10-12-8(13-14-10)5-6-1-3-7(16)4-2-6/h1-4,16H,5H2,(H2,11,15)(H,12,13,14). The Balaban J connectivity index is 2.14. The smallest absolute Gasteiger partial charge is 0.288 e. The minimum atomic E-state index is -0.631. The number of carbonyl (C=O) groups excluding carboxylic acids is 1. The fourth-order valence-electron chi connectivity index (χ4n) is 1.29. The van der Waals surface area contributed by atoms with Crippen molar-refractivity contribution in [3.63, 3.8) is 0 Å². The number of amides is 1. The number of nitrogens with two attached hydrogens (primary N) is 1. The first-order valence-electron chi connectivity index (χ1n) is 4.64. The van der Waals surface area contributed by atoms with Crippen LogP contribution in [0.2, 0.25) is 0 Å². The maximum absolute atomic E-state index is 10.8. The van der Waals surface area contributed by atoms with Crippen LogP contribution in [0.5, 0.6) is 0 Å². The van der Waals surface area contributed by atoms with E-state index in [4.69, 9.17) is 5.73 Å². The Morgan fingerprint density at radius 1 is 1.38 bits per heavy atom. The highest BCUT2D eigenvalue weighted by molar-refractivity contribution is 7.80. The molecule has 82 valence electrons. The van der Waals surface area contributed by atoms with Crippen molar-refractivity contribution in [3.05, 3.63) is 41.5 Å². The van der Waals surface area contributed by atoms with Gasteiger partial charge in [0.25, 0.3) is 5.91 Å². The summed E-state index contributed by atoms with van der Waals surface area (Å²) in [5.74, 6) is -0.00487. The zero-order chi connectivity index (χ0) is 11.5. The molecule has 0 aliphatic rings. The van der Waals surface area contributed by atoms with Crippen molar-refractivity contribution in [2.75, 3.05) is 0 Å². The minimum absolute atomic E-state index is 0.0146. The first kappa shape index (κ1) is 10.7. The molecule has 0 saturated heterocycles. The number of benzene rings is 1. The lowest BCUT2D eigenvalue weighted by Crippen LogP contribution is -2.12. The third-order valence-electron chi connectivity index (χ3n) is 2.06. The molecule has 1 aromatic carbocycles. The topological polar surface area (TPSA) is 84.7 Å². The predicted molar refractivity (Wildman–Crippen MR) is 61.4 cm³/mol. The van der Waals surface area contributed by atoms with Gasteiger partial charge in [-0.05, 0) is 17.7 Å². The van der Waals surface area contributed by atoms with Crippen LogP contribution >= 0.6 is 12.6 Å². The summed E-state index contributed by atoms with van der Waals surface area (Å²) in [5.41, 5.74) is 6.11. The number of hydrogen-bond donors (Lipinski definition) is 3. The molecule has 0 saturated carbocycles. The molecule has 0 spiro atoms. The molecular formula is C10H10N4OS. The van der Waals surface area contributed by atoms with Crippen LogP contribution in [-0.4, -0.2) is 21.1 Å². The van der Waals surface area contributed by atoms with Crippen LogP contribution in [0, 0.1) is 0 Å². The van der Waals surface area contributed by atoms with E-state index in [0.29, 0.717) is 12.2 Å². The van der Waals surface area contributed by atoms with Crippen LogP contribution in [0.1, 0.15) is 22.0 Å². The van der Waals surface area contributed by atoms with Crippen LogP contribution in [0.15, 0.2) is 29.2 Å². The molecule has 6 heteroatoms. The largest absolute Gasteiger partial charge is 0.363 e. The summed E-state index contributed by atoms with van der Waals surface area (Å²) in [7, 11) is 0. The van der Waals surface area contributed by atoms with Crippen LogP contribution in [0.25, 0.3) is 0 Å². The molecule has 0 aliphatic carbocycles. The molecule has 16 heavy (non-hydrogen) atoms. The van der Waals surface area contributed by atoms with Gasteiger partial charge in [-0.1, -0.05) is 12.1 Å². The van der Waals surface area contributed by atoms with Crippen LogP contribution in [-0.2, 0) is 6.42 Å². The van der Waals surface area contributed by atoms with E-state index in [2.05, 4.69) is 27.8 Å². The van der Waals surface area contributed by atoms with Gasteiger partial charge in [-0.25, -0.2) is 4.98 Å². The lowest BCUT2D eigenvalue weighted by molar-refractivity contribution is 0.0991. The van der Waals surface area contributed by atoms with Gasteiger partial charge in [0.05, 0.1) is 0 Å². The first-order chi connectivity index (χ1) is 7.65. The Labute approximate surface area is 97.5 Å². The SMILES string of the molecule is NC(=O)c1n[nH]c(Cc2ccc(S)cc2)n1. The van der Waals surface area contributed by atoms with Gasteiger partial charge in [-0.3, -0.25) is 9.89 Å². The van der Waals surface area contributed by atoms with Crippen molar-refractivity contribution in [2.24, 2.45) is 5.73 Å². The molecule has 0 fully saturated rings. The highest BCUT2D eigenvalue weighted by Crippen LogP contribution is 2.10. The molecule has 0 bridgehead atoms. The number of H-pyrrole nitrogens is 1. The predicted octanol–water partition coefficient (Wildman–Crippen LogP) is 0.783. The normalized spacial score (nSPS) is 10.3. The van der Waals surface area contributed by atoms with Crippen molar-refractivity contribution in [3.8, 4) is 0 Å². The third kappa shape index (κ3) is 2.40. The van der Waals surface area contributed by atoms with Crippen LogP contribution in [0.3, 0.4) is 0 Å². The molecule has 3 N–H and O–H groups in total. The van der Waals surface area contributed by atoms with Crippen molar-refractivity contribution >= 4 is 18.5 Å². The Morgan fingerprint density at radius 3 is 2.62 bits per heavy atom. The minimum Gasteiger partial charge on any atom is -0.363 e. The van der Waals surface area contributed by atoms with Gasteiger partial charge >= 0.3 is 0 Å². The average Bonchev–Trinajstić information content (AvgIpc) is 2.70. The van der Waals surface area contributed by atoms with Gasteiger partial charge in [0.1, 0.15) is 5.82 Å². The lowest BCUT2D eigenvalue weighted by atomic mass is 10.1. The van der Waals surface area contributed by atoms with Gasteiger partial charge in [-0.2, -0.15) is 0 Å². The molecule has 0 aliphatic heterocycles. The van der Waals surface area contributed by atoms with Crippen LogP contribution < -0.4 is 5.73 Å². The lowest BCUT2D eigenvalue weighted by Gasteiger charge is -1.97. The molecule has 5 nitrogen and oxygen atoms in total. The summed E-state index contributed by atoms with van der Waals surface area (Å²) in [6.07, 6.45) is 0.578. The second-order valence-corrected chi connectivity index (χ2v) is 3.83. The Hall–Kier alpha value is -1.82.